The lowest BCUT2D eigenvalue weighted by Crippen LogP contribution is -2.20. The second-order valence-corrected chi connectivity index (χ2v) is 8.32. The molecule has 3 aromatic carbocycles. The quantitative estimate of drug-likeness (QED) is 0.479. The Morgan fingerprint density at radius 1 is 1.03 bits per heavy atom. The third-order valence-corrected chi connectivity index (χ3v) is 6.16. The number of benzene rings is 3. The Bertz CT molecular complexity index is 1180. The van der Waals surface area contributed by atoms with Gasteiger partial charge in [-0.15, -0.1) is 0 Å². The molecule has 0 atom stereocenters. The number of allylic oxidation sites excluding steroid dienone is 1. The fourth-order valence-electron chi connectivity index (χ4n) is 3.34. The summed E-state index contributed by atoms with van der Waals surface area (Å²) in [6, 6.07) is 20.7. The van der Waals surface area contributed by atoms with Crippen molar-refractivity contribution >= 4 is 35.2 Å². The number of aryl methyl sites for hydroxylation is 1. The molecular weight excluding hydrogens is 422 g/mol. The zero-order valence-corrected chi connectivity index (χ0v) is 18.7. The van der Waals surface area contributed by atoms with Crippen molar-refractivity contribution in [2.45, 2.75) is 18.2 Å². The molecule has 0 bridgehead atoms. The van der Waals surface area contributed by atoms with Crippen molar-refractivity contribution < 1.29 is 19.1 Å². The highest BCUT2D eigenvalue weighted by Gasteiger charge is 2.25. The first-order valence-electron chi connectivity index (χ1n) is 10.3. The monoisotopic (exact) mass is 445 g/mol. The number of anilines is 1. The van der Waals surface area contributed by atoms with Crippen LogP contribution in [0.4, 0.5) is 5.69 Å². The molecule has 0 spiro atoms. The highest BCUT2D eigenvalue weighted by molar-refractivity contribution is 8.04. The van der Waals surface area contributed by atoms with Crippen molar-refractivity contribution in [3.05, 3.63) is 88.3 Å². The second kappa shape index (κ2) is 9.75. The first-order chi connectivity index (χ1) is 15.6. The number of fused-ring (bicyclic) bond motifs is 1. The lowest BCUT2D eigenvalue weighted by Gasteiger charge is -2.12. The van der Waals surface area contributed by atoms with Gasteiger partial charge >= 0.3 is 0 Å². The molecule has 0 saturated heterocycles. The van der Waals surface area contributed by atoms with Gasteiger partial charge in [0.2, 0.25) is 5.78 Å². The Balaban J connectivity index is 1.41. The van der Waals surface area contributed by atoms with Crippen molar-refractivity contribution in [2.24, 2.45) is 0 Å². The van der Waals surface area contributed by atoms with Gasteiger partial charge in [-0.25, -0.2) is 0 Å². The highest BCUT2D eigenvalue weighted by atomic mass is 32.2. The normalized spacial score (nSPS) is 13.7. The Morgan fingerprint density at radius 2 is 1.81 bits per heavy atom. The molecule has 1 aliphatic rings. The number of carbonyl (C=O) groups excluding carboxylic acids is 2. The number of carbonyl (C=O) groups is 2. The molecule has 0 saturated carbocycles. The van der Waals surface area contributed by atoms with Crippen LogP contribution in [0.25, 0.3) is 6.08 Å². The molecule has 0 aliphatic carbocycles. The summed E-state index contributed by atoms with van der Waals surface area (Å²) in [5.41, 5.74) is 3.48. The number of thioether (sulfide) groups is 1. The zero-order chi connectivity index (χ0) is 22.5. The molecule has 1 N–H and O–H groups in total. The Hall–Kier alpha value is -3.51. The summed E-state index contributed by atoms with van der Waals surface area (Å²) in [5, 5.41) is 2.82. The first-order valence-corrected chi connectivity index (χ1v) is 11.1. The van der Waals surface area contributed by atoms with Gasteiger partial charge < -0.3 is 14.8 Å². The van der Waals surface area contributed by atoms with Crippen molar-refractivity contribution in [2.75, 3.05) is 19.0 Å². The van der Waals surface area contributed by atoms with Crippen LogP contribution in [0.3, 0.4) is 0 Å². The molecule has 5 nitrogen and oxygen atoms in total. The molecule has 6 heteroatoms. The number of Topliss-reactive ketones (excluding diaryl/α,β-unsaturated/α-hetero) is 1. The summed E-state index contributed by atoms with van der Waals surface area (Å²) >= 11 is 1.46. The third-order valence-electron chi connectivity index (χ3n) is 5.07. The number of nitrogens with one attached hydrogen (secondary N) is 1. The largest absolute Gasteiger partial charge is 0.493 e. The summed E-state index contributed by atoms with van der Waals surface area (Å²) in [6.07, 6.45) is 2.79. The van der Waals surface area contributed by atoms with Gasteiger partial charge in [0, 0.05) is 16.1 Å². The van der Waals surface area contributed by atoms with Crippen molar-refractivity contribution in [3.63, 3.8) is 0 Å². The van der Waals surface area contributed by atoms with E-state index in [1.165, 1.54) is 17.3 Å². The van der Waals surface area contributed by atoms with E-state index in [9.17, 15) is 9.59 Å². The lowest BCUT2D eigenvalue weighted by atomic mass is 10.1. The number of ketones is 1. The highest BCUT2D eigenvalue weighted by Crippen LogP contribution is 2.41. The first kappa shape index (κ1) is 21.7. The number of hydrogen-bond acceptors (Lipinski definition) is 5. The van der Waals surface area contributed by atoms with E-state index < -0.39 is 0 Å². The predicted octanol–water partition coefficient (Wildman–Crippen LogP) is 5.60. The number of rotatable bonds is 7. The minimum Gasteiger partial charge on any atom is -0.493 e. The van der Waals surface area contributed by atoms with Gasteiger partial charge in [-0.1, -0.05) is 49.0 Å². The van der Waals surface area contributed by atoms with Crippen molar-refractivity contribution in [1.82, 2.24) is 0 Å². The van der Waals surface area contributed by atoms with Crippen LogP contribution >= 0.6 is 11.8 Å². The molecule has 162 valence electrons. The molecule has 1 heterocycles. The van der Waals surface area contributed by atoms with E-state index in [0.29, 0.717) is 16.4 Å². The van der Waals surface area contributed by atoms with Crippen molar-refractivity contribution in [3.8, 4) is 11.5 Å². The molecule has 1 amide bonds. The smallest absolute Gasteiger partial charge is 0.262 e. The average molecular weight is 446 g/mol. The zero-order valence-electron chi connectivity index (χ0n) is 17.9. The van der Waals surface area contributed by atoms with E-state index in [-0.39, 0.29) is 18.3 Å². The van der Waals surface area contributed by atoms with Gasteiger partial charge in [0.05, 0.1) is 12.0 Å². The maximum absolute atomic E-state index is 12.6. The van der Waals surface area contributed by atoms with E-state index >= 15 is 0 Å². The van der Waals surface area contributed by atoms with Gasteiger partial charge in [0.1, 0.15) is 0 Å². The molecule has 0 aromatic heterocycles. The SMILES string of the molecule is CCc1ccc(NC(=O)COc2ccc(/C=C3/Sc4ccccc4C3=O)cc2OC)cc1. The molecule has 3 aromatic rings. The van der Waals surface area contributed by atoms with Crippen LogP contribution in [-0.4, -0.2) is 25.4 Å². The fourth-order valence-corrected chi connectivity index (χ4v) is 4.40. The number of methoxy groups -OCH3 is 1. The molecule has 1 aliphatic heterocycles. The maximum Gasteiger partial charge on any atom is 0.262 e. The summed E-state index contributed by atoms with van der Waals surface area (Å²) in [7, 11) is 1.54. The van der Waals surface area contributed by atoms with Crippen LogP contribution in [-0.2, 0) is 11.2 Å². The number of ether oxygens (including phenoxy) is 2. The molecule has 0 unspecified atom stereocenters. The van der Waals surface area contributed by atoms with Crippen LogP contribution in [0.5, 0.6) is 11.5 Å². The summed E-state index contributed by atoms with van der Waals surface area (Å²) in [6.45, 7) is 1.94. The van der Waals surface area contributed by atoms with Crippen LogP contribution < -0.4 is 14.8 Å². The Morgan fingerprint density at radius 3 is 2.53 bits per heavy atom. The van der Waals surface area contributed by atoms with Crippen LogP contribution in [0.15, 0.2) is 76.5 Å². The van der Waals surface area contributed by atoms with Gasteiger partial charge in [0.25, 0.3) is 5.91 Å². The van der Waals surface area contributed by atoms with Crippen molar-refractivity contribution in [1.29, 1.82) is 0 Å². The summed E-state index contributed by atoms with van der Waals surface area (Å²) in [5.74, 6) is 0.717. The molecule has 0 radical (unpaired) electrons. The summed E-state index contributed by atoms with van der Waals surface area (Å²) < 4.78 is 11.1. The minimum atomic E-state index is -0.256. The lowest BCUT2D eigenvalue weighted by molar-refractivity contribution is -0.118. The second-order valence-electron chi connectivity index (χ2n) is 7.23. The predicted molar refractivity (Wildman–Crippen MR) is 128 cm³/mol. The van der Waals surface area contributed by atoms with E-state index in [1.807, 2.05) is 60.7 Å². The van der Waals surface area contributed by atoms with E-state index in [4.69, 9.17) is 9.47 Å². The Labute approximate surface area is 191 Å². The van der Waals surface area contributed by atoms with E-state index in [0.717, 1.165) is 28.1 Å². The van der Waals surface area contributed by atoms with Gasteiger partial charge in [-0.2, -0.15) is 0 Å². The van der Waals surface area contributed by atoms with Gasteiger partial charge in [-0.05, 0) is 60.0 Å². The third kappa shape index (κ3) is 4.86. The van der Waals surface area contributed by atoms with Crippen LogP contribution in [0, 0.1) is 0 Å². The average Bonchev–Trinajstić information content (AvgIpc) is 3.13. The van der Waals surface area contributed by atoms with Crippen LogP contribution in [0.2, 0.25) is 0 Å². The minimum absolute atomic E-state index is 0.0218. The maximum atomic E-state index is 12.6. The number of hydrogen-bond donors (Lipinski definition) is 1. The molecule has 32 heavy (non-hydrogen) atoms. The number of amides is 1. The van der Waals surface area contributed by atoms with Gasteiger partial charge in [0.15, 0.2) is 18.1 Å². The van der Waals surface area contributed by atoms with Crippen LogP contribution in [0.1, 0.15) is 28.4 Å². The van der Waals surface area contributed by atoms with E-state index in [1.54, 1.807) is 19.2 Å². The van der Waals surface area contributed by atoms with Gasteiger partial charge in [-0.3, -0.25) is 9.59 Å². The Kier molecular flexibility index (Phi) is 6.61. The summed E-state index contributed by atoms with van der Waals surface area (Å²) in [4.78, 5) is 26.5. The molecule has 0 fully saturated rings. The topological polar surface area (TPSA) is 64.6 Å². The molecule has 4 rings (SSSR count). The van der Waals surface area contributed by atoms with E-state index in [2.05, 4.69) is 12.2 Å². The standard InChI is InChI=1S/C26H23NO4S/c1-3-17-8-11-19(12-9-17)27-25(28)16-31-21-13-10-18(14-22(21)30-2)15-24-26(29)20-6-4-5-7-23(20)32-24/h4-15H,3,16H2,1-2H3,(H,27,28)/b24-15+. The molecular formula is C26H23NO4S. The fraction of sp³-hybridized carbons (Fsp3) is 0.154.